The number of nitrogens with two attached hydrogens (primary N) is 1. The first-order valence-corrected chi connectivity index (χ1v) is 10.1. The van der Waals surface area contributed by atoms with Crippen LogP contribution in [0, 0.1) is 0 Å². The van der Waals surface area contributed by atoms with Crippen molar-refractivity contribution in [2.24, 2.45) is 0 Å². The summed E-state index contributed by atoms with van der Waals surface area (Å²) in [6.45, 7) is 9.33. The lowest BCUT2D eigenvalue weighted by Gasteiger charge is -2.24. The van der Waals surface area contributed by atoms with Crippen LogP contribution in [0.2, 0.25) is 0 Å². The van der Waals surface area contributed by atoms with Crippen molar-refractivity contribution in [3.8, 4) is 0 Å². The second kappa shape index (κ2) is 9.81. The second-order valence-corrected chi connectivity index (χ2v) is 7.11. The Morgan fingerprint density at radius 2 is 1.76 bits per heavy atom. The maximum absolute atomic E-state index is 11.9. The second-order valence-electron chi connectivity index (χ2n) is 7.11. The summed E-state index contributed by atoms with van der Waals surface area (Å²) in [5, 5.41) is 0. The summed E-state index contributed by atoms with van der Waals surface area (Å²) < 4.78 is 29.1. The number of ether oxygens (including phenoxy) is 5. The van der Waals surface area contributed by atoms with Crippen LogP contribution in [-0.4, -0.2) is 69.0 Å². The molecule has 1 aliphatic heterocycles. The molecule has 0 spiro atoms. The predicted octanol–water partition coefficient (Wildman–Crippen LogP) is 0.740. The lowest BCUT2D eigenvalue weighted by Crippen LogP contribution is -2.40. The van der Waals surface area contributed by atoms with Gasteiger partial charge >= 0.3 is 17.9 Å². The van der Waals surface area contributed by atoms with Crippen LogP contribution in [0.3, 0.4) is 0 Å². The molecule has 1 saturated heterocycles. The molecule has 0 aromatic carbocycles. The van der Waals surface area contributed by atoms with Crippen LogP contribution in [0.4, 0.5) is 5.82 Å². The third kappa shape index (κ3) is 5.03. The number of imidazole rings is 1. The molecule has 1 aliphatic rings. The molecule has 3 rings (SSSR count). The number of rotatable bonds is 8. The maximum atomic E-state index is 11.9. The smallest absolute Gasteiger partial charge is 0.303 e. The normalized spacial score (nSPS) is 22.1. The number of fused-ring (bicyclic) bond motifs is 1. The first-order valence-electron chi connectivity index (χ1n) is 10.1. The van der Waals surface area contributed by atoms with Crippen molar-refractivity contribution in [1.29, 1.82) is 0 Å². The molecular formula is C20H25N5O8. The van der Waals surface area contributed by atoms with Crippen molar-refractivity contribution in [2.75, 3.05) is 18.9 Å². The van der Waals surface area contributed by atoms with Gasteiger partial charge in [-0.1, -0.05) is 6.58 Å². The van der Waals surface area contributed by atoms with Crippen molar-refractivity contribution in [2.45, 2.75) is 52.2 Å². The van der Waals surface area contributed by atoms with Crippen molar-refractivity contribution >= 4 is 40.6 Å². The van der Waals surface area contributed by atoms with Crippen molar-refractivity contribution in [1.82, 2.24) is 19.5 Å². The van der Waals surface area contributed by atoms with Gasteiger partial charge in [-0.2, -0.15) is 0 Å². The summed E-state index contributed by atoms with van der Waals surface area (Å²) >= 11 is 0. The van der Waals surface area contributed by atoms with Gasteiger partial charge in [-0.25, -0.2) is 15.0 Å². The summed E-state index contributed by atoms with van der Waals surface area (Å²) in [4.78, 5) is 47.8. The van der Waals surface area contributed by atoms with Crippen LogP contribution in [-0.2, 0) is 38.1 Å². The van der Waals surface area contributed by atoms with Gasteiger partial charge in [-0.15, -0.1) is 0 Å². The largest absolute Gasteiger partial charge is 0.491 e. The summed E-state index contributed by atoms with van der Waals surface area (Å²) in [5.41, 5.74) is 6.46. The Morgan fingerprint density at radius 1 is 1.09 bits per heavy atom. The van der Waals surface area contributed by atoms with E-state index in [9.17, 15) is 14.4 Å². The fourth-order valence-corrected chi connectivity index (χ4v) is 3.50. The van der Waals surface area contributed by atoms with E-state index in [2.05, 4.69) is 21.5 Å². The fourth-order valence-electron chi connectivity index (χ4n) is 3.50. The van der Waals surface area contributed by atoms with Gasteiger partial charge in [0.25, 0.3) is 0 Å². The van der Waals surface area contributed by atoms with Crippen LogP contribution in [0.5, 0.6) is 0 Å². The number of carbonyl (C=O) groups is 3. The maximum Gasteiger partial charge on any atom is 0.303 e. The van der Waals surface area contributed by atoms with Gasteiger partial charge in [-0.3, -0.25) is 19.0 Å². The standard InChI is InChI=1S/C20H25N5O8/c1-6-29-9(2)18-24-14-17(21)22-8-23-19(14)25(18)20-16(32-12(5)28)15(31-11(4)27)13(33-20)7-30-10(3)26/h8,13,15-16,20H,2,6-7H2,1,3-5H3,(H2,21,22,23)/t13-,15-,16-,20-/m1/s1. The van der Waals surface area contributed by atoms with Gasteiger partial charge in [0.15, 0.2) is 47.0 Å². The summed E-state index contributed by atoms with van der Waals surface area (Å²) in [6, 6.07) is 0. The van der Waals surface area contributed by atoms with Crippen LogP contribution in [0.25, 0.3) is 16.9 Å². The molecule has 4 atom stereocenters. The van der Waals surface area contributed by atoms with Crippen LogP contribution < -0.4 is 5.73 Å². The number of esters is 3. The minimum Gasteiger partial charge on any atom is -0.491 e. The predicted molar refractivity (Wildman–Crippen MR) is 112 cm³/mol. The minimum atomic E-state index is -1.14. The summed E-state index contributed by atoms with van der Waals surface area (Å²) in [6.07, 6.45) is -3.07. The molecule has 0 amide bonds. The van der Waals surface area contributed by atoms with Crippen molar-refractivity contribution < 1.29 is 38.1 Å². The highest BCUT2D eigenvalue weighted by atomic mass is 16.7. The molecule has 3 heterocycles. The minimum absolute atomic E-state index is 0.0966. The van der Waals surface area contributed by atoms with Crippen molar-refractivity contribution in [3.05, 3.63) is 18.7 Å². The molecule has 0 saturated carbocycles. The van der Waals surface area contributed by atoms with E-state index in [0.717, 1.165) is 0 Å². The van der Waals surface area contributed by atoms with E-state index in [0.29, 0.717) is 6.61 Å². The van der Waals surface area contributed by atoms with E-state index in [4.69, 9.17) is 29.4 Å². The number of nitrogen functional groups attached to an aromatic ring is 1. The molecule has 1 fully saturated rings. The van der Waals surface area contributed by atoms with E-state index in [1.54, 1.807) is 6.92 Å². The number of hydrogen-bond acceptors (Lipinski definition) is 12. The lowest BCUT2D eigenvalue weighted by atomic mass is 10.1. The van der Waals surface area contributed by atoms with Gasteiger partial charge in [0.1, 0.15) is 19.0 Å². The Labute approximate surface area is 188 Å². The molecule has 0 aliphatic carbocycles. The zero-order chi connectivity index (χ0) is 24.3. The molecule has 13 nitrogen and oxygen atoms in total. The van der Waals surface area contributed by atoms with E-state index < -0.39 is 42.4 Å². The van der Waals surface area contributed by atoms with Gasteiger partial charge in [-0.05, 0) is 6.92 Å². The molecule has 2 aromatic heterocycles. The molecule has 2 N–H and O–H groups in total. The average Bonchev–Trinajstić information content (AvgIpc) is 3.26. The van der Waals surface area contributed by atoms with Crippen molar-refractivity contribution in [3.63, 3.8) is 0 Å². The van der Waals surface area contributed by atoms with Gasteiger partial charge < -0.3 is 29.4 Å². The highest BCUT2D eigenvalue weighted by molar-refractivity contribution is 5.84. The molecule has 33 heavy (non-hydrogen) atoms. The quantitative estimate of drug-likeness (QED) is 0.332. The molecule has 0 unspecified atom stereocenters. The lowest BCUT2D eigenvalue weighted by molar-refractivity contribution is -0.166. The topological polar surface area (TPSA) is 167 Å². The van der Waals surface area contributed by atoms with Crippen LogP contribution in [0.15, 0.2) is 12.9 Å². The van der Waals surface area contributed by atoms with E-state index in [-0.39, 0.29) is 35.2 Å². The Morgan fingerprint density at radius 3 is 2.36 bits per heavy atom. The molecule has 2 aromatic rings. The van der Waals surface area contributed by atoms with Gasteiger partial charge in [0.2, 0.25) is 0 Å². The Hall–Kier alpha value is -3.74. The highest BCUT2D eigenvalue weighted by Crippen LogP contribution is 2.38. The average molecular weight is 463 g/mol. The Kier molecular flexibility index (Phi) is 7.11. The monoisotopic (exact) mass is 463 g/mol. The van der Waals surface area contributed by atoms with E-state index >= 15 is 0 Å². The highest BCUT2D eigenvalue weighted by Gasteiger charge is 2.51. The zero-order valence-corrected chi connectivity index (χ0v) is 18.6. The molecule has 0 radical (unpaired) electrons. The Balaban J connectivity index is 2.17. The molecule has 0 bridgehead atoms. The number of anilines is 1. The fraction of sp³-hybridized carbons (Fsp3) is 0.500. The number of carbonyl (C=O) groups excluding carboxylic acids is 3. The van der Waals surface area contributed by atoms with E-state index in [1.165, 1.54) is 31.7 Å². The van der Waals surface area contributed by atoms with Crippen LogP contribution >= 0.6 is 0 Å². The zero-order valence-electron chi connectivity index (χ0n) is 18.6. The third-order valence-corrected chi connectivity index (χ3v) is 4.67. The first-order chi connectivity index (χ1) is 15.6. The molecule has 13 heteroatoms. The number of aromatic nitrogens is 4. The third-order valence-electron chi connectivity index (χ3n) is 4.67. The molecular weight excluding hydrogens is 438 g/mol. The van der Waals surface area contributed by atoms with Gasteiger partial charge in [0.05, 0.1) is 6.61 Å². The first kappa shape index (κ1) is 23.9. The Bertz CT molecular complexity index is 1080. The van der Waals surface area contributed by atoms with E-state index in [1.807, 2.05) is 0 Å². The van der Waals surface area contributed by atoms with Crippen LogP contribution in [0.1, 0.15) is 39.7 Å². The van der Waals surface area contributed by atoms with Gasteiger partial charge in [0, 0.05) is 20.8 Å². The number of nitrogens with zero attached hydrogens (tertiary/aromatic N) is 4. The molecule has 178 valence electrons. The SMILES string of the molecule is C=C(OCC)c1nc2c(N)ncnc2n1[C@@H]1O[C@H](COC(C)=O)[C@@H](OC(C)=O)[C@H]1OC(C)=O. The summed E-state index contributed by atoms with van der Waals surface area (Å²) in [7, 11) is 0. The summed E-state index contributed by atoms with van der Waals surface area (Å²) in [5.74, 6) is -1.40. The number of hydrogen-bond donors (Lipinski definition) is 1.